The Balaban J connectivity index is 2.22. The smallest absolute Gasteiger partial charge is 0.254 e. The molecule has 2 N–H and O–H groups in total. The van der Waals surface area contributed by atoms with Crippen molar-refractivity contribution < 1.29 is 9.18 Å². The molecule has 2 unspecified atom stereocenters. The highest BCUT2D eigenvalue weighted by atomic mass is 79.9. The topological polar surface area (TPSA) is 46.3 Å². The van der Waals surface area contributed by atoms with Crippen LogP contribution in [0.15, 0.2) is 22.7 Å². The number of benzene rings is 1. The van der Waals surface area contributed by atoms with Gasteiger partial charge in [0.05, 0.1) is 4.47 Å². The van der Waals surface area contributed by atoms with E-state index in [0.717, 1.165) is 19.3 Å². The highest BCUT2D eigenvalue weighted by molar-refractivity contribution is 9.10. The molecule has 1 fully saturated rings. The lowest BCUT2D eigenvalue weighted by atomic mass is 9.83. The van der Waals surface area contributed by atoms with Crippen molar-refractivity contribution in [2.45, 2.75) is 38.6 Å². The van der Waals surface area contributed by atoms with E-state index in [-0.39, 0.29) is 17.8 Å². The molecule has 0 radical (unpaired) electrons. The predicted molar refractivity (Wildman–Crippen MR) is 85.6 cm³/mol. The summed E-state index contributed by atoms with van der Waals surface area (Å²) in [5, 5.41) is 0. The molecule has 5 heteroatoms. The molecule has 0 saturated heterocycles. The van der Waals surface area contributed by atoms with Crippen molar-refractivity contribution in [2.24, 2.45) is 11.7 Å². The van der Waals surface area contributed by atoms with E-state index in [1.165, 1.54) is 12.5 Å². The van der Waals surface area contributed by atoms with Crippen LogP contribution in [-0.4, -0.2) is 29.9 Å². The fourth-order valence-corrected chi connectivity index (χ4v) is 3.58. The second kappa shape index (κ2) is 7.36. The van der Waals surface area contributed by atoms with Crippen LogP contribution in [0.1, 0.15) is 43.0 Å². The summed E-state index contributed by atoms with van der Waals surface area (Å²) in [7, 11) is 0. The SMILES string of the molecule is CCN(C(=O)c1ccc(F)c(Br)c1)C1CCCCC1CN. The van der Waals surface area contributed by atoms with E-state index in [9.17, 15) is 9.18 Å². The molecule has 0 spiro atoms. The molecule has 2 atom stereocenters. The molecule has 116 valence electrons. The first-order valence-corrected chi connectivity index (χ1v) is 8.33. The first-order chi connectivity index (χ1) is 10.1. The van der Waals surface area contributed by atoms with Gasteiger partial charge in [-0.15, -0.1) is 0 Å². The quantitative estimate of drug-likeness (QED) is 0.896. The second-order valence-corrected chi connectivity index (χ2v) is 6.42. The van der Waals surface area contributed by atoms with Gasteiger partial charge in [-0.2, -0.15) is 0 Å². The highest BCUT2D eigenvalue weighted by Crippen LogP contribution is 2.29. The van der Waals surface area contributed by atoms with Crippen LogP contribution in [0.25, 0.3) is 0 Å². The van der Waals surface area contributed by atoms with Crippen LogP contribution in [0.4, 0.5) is 4.39 Å². The summed E-state index contributed by atoms with van der Waals surface area (Å²) in [6.45, 7) is 3.25. The molecule has 21 heavy (non-hydrogen) atoms. The largest absolute Gasteiger partial charge is 0.336 e. The van der Waals surface area contributed by atoms with Crippen LogP contribution in [0, 0.1) is 11.7 Å². The van der Waals surface area contributed by atoms with Gasteiger partial charge in [0.25, 0.3) is 5.91 Å². The van der Waals surface area contributed by atoms with Gasteiger partial charge in [-0.25, -0.2) is 4.39 Å². The van der Waals surface area contributed by atoms with Gasteiger partial charge in [0, 0.05) is 18.2 Å². The minimum Gasteiger partial charge on any atom is -0.336 e. The minimum absolute atomic E-state index is 0.0384. The molecule has 3 nitrogen and oxygen atoms in total. The molecule has 1 aliphatic rings. The summed E-state index contributed by atoms with van der Waals surface area (Å²) in [5.41, 5.74) is 6.39. The third-order valence-electron chi connectivity index (χ3n) is 4.34. The van der Waals surface area contributed by atoms with E-state index in [2.05, 4.69) is 15.9 Å². The lowest BCUT2D eigenvalue weighted by Crippen LogP contribution is -2.48. The van der Waals surface area contributed by atoms with Crippen molar-refractivity contribution in [3.8, 4) is 0 Å². The predicted octanol–water partition coefficient (Wildman–Crippen LogP) is 3.57. The molecule has 1 amide bonds. The zero-order valence-electron chi connectivity index (χ0n) is 12.3. The Bertz CT molecular complexity index is 509. The Morgan fingerprint density at radius 1 is 1.43 bits per heavy atom. The summed E-state index contributed by atoms with van der Waals surface area (Å²) in [6, 6.07) is 4.63. The highest BCUT2D eigenvalue weighted by Gasteiger charge is 2.31. The third-order valence-corrected chi connectivity index (χ3v) is 4.95. The van der Waals surface area contributed by atoms with Gasteiger partial charge in [-0.05, 0) is 66.4 Å². The van der Waals surface area contributed by atoms with Crippen molar-refractivity contribution in [1.29, 1.82) is 0 Å². The summed E-state index contributed by atoms with van der Waals surface area (Å²) in [6.07, 6.45) is 4.41. The molecule has 1 aromatic carbocycles. The summed E-state index contributed by atoms with van der Waals surface area (Å²) >= 11 is 3.14. The van der Waals surface area contributed by atoms with Gasteiger partial charge >= 0.3 is 0 Å². The van der Waals surface area contributed by atoms with Crippen LogP contribution in [-0.2, 0) is 0 Å². The van der Waals surface area contributed by atoms with E-state index in [0.29, 0.717) is 29.0 Å². The number of nitrogens with zero attached hydrogens (tertiary/aromatic N) is 1. The molecule has 2 rings (SSSR count). The second-order valence-electron chi connectivity index (χ2n) is 5.57. The van der Waals surface area contributed by atoms with Gasteiger partial charge in [-0.1, -0.05) is 12.8 Å². The monoisotopic (exact) mass is 356 g/mol. The number of carbonyl (C=O) groups excluding carboxylic acids is 1. The fraction of sp³-hybridized carbons (Fsp3) is 0.562. The Morgan fingerprint density at radius 3 is 2.76 bits per heavy atom. The molecule has 0 bridgehead atoms. The lowest BCUT2D eigenvalue weighted by Gasteiger charge is -2.39. The fourth-order valence-electron chi connectivity index (χ4n) is 3.20. The van der Waals surface area contributed by atoms with E-state index in [4.69, 9.17) is 5.73 Å². The first kappa shape index (κ1) is 16.4. The van der Waals surface area contributed by atoms with Gasteiger partial charge < -0.3 is 10.6 Å². The number of halogens is 2. The molecular formula is C16H22BrFN2O. The Morgan fingerprint density at radius 2 is 2.14 bits per heavy atom. The molecule has 0 aromatic heterocycles. The lowest BCUT2D eigenvalue weighted by molar-refractivity contribution is 0.0560. The zero-order chi connectivity index (χ0) is 15.4. The molecular weight excluding hydrogens is 335 g/mol. The molecule has 0 heterocycles. The minimum atomic E-state index is -0.355. The summed E-state index contributed by atoms with van der Waals surface area (Å²) in [5.74, 6) is -0.0258. The standard InChI is InChI=1S/C16H22BrFN2O/c1-2-20(15-6-4-3-5-12(15)10-19)16(21)11-7-8-14(18)13(17)9-11/h7-9,12,15H,2-6,10,19H2,1H3. The summed E-state index contributed by atoms with van der Waals surface area (Å²) < 4.78 is 13.7. The average Bonchev–Trinajstić information content (AvgIpc) is 2.51. The van der Waals surface area contributed by atoms with Crippen molar-refractivity contribution in [1.82, 2.24) is 4.90 Å². The molecule has 1 aromatic rings. The number of rotatable bonds is 4. The van der Waals surface area contributed by atoms with E-state index in [1.807, 2.05) is 11.8 Å². The molecule has 1 aliphatic carbocycles. The first-order valence-electron chi connectivity index (χ1n) is 7.54. The van der Waals surface area contributed by atoms with Gasteiger partial charge in [-0.3, -0.25) is 4.79 Å². The summed E-state index contributed by atoms with van der Waals surface area (Å²) in [4.78, 5) is 14.6. The van der Waals surface area contributed by atoms with Crippen molar-refractivity contribution in [3.63, 3.8) is 0 Å². The maximum Gasteiger partial charge on any atom is 0.254 e. The average molecular weight is 357 g/mol. The maximum atomic E-state index is 13.3. The van der Waals surface area contributed by atoms with Gasteiger partial charge in [0.1, 0.15) is 5.82 Å². The molecule has 1 saturated carbocycles. The number of hydrogen-bond acceptors (Lipinski definition) is 2. The van der Waals surface area contributed by atoms with E-state index >= 15 is 0 Å². The normalized spacial score (nSPS) is 22.1. The van der Waals surface area contributed by atoms with Gasteiger partial charge in [0.15, 0.2) is 0 Å². The molecule has 0 aliphatic heterocycles. The number of hydrogen-bond donors (Lipinski definition) is 1. The van der Waals surface area contributed by atoms with Crippen molar-refractivity contribution >= 4 is 21.8 Å². The number of nitrogens with two attached hydrogens (primary N) is 1. The Hall–Kier alpha value is -0.940. The maximum absolute atomic E-state index is 13.3. The van der Waals surface area contributed by atoms with Crippen LogP contribution in [0.5, 0.6) is 0 Å². The van der Waals surface area contributed by atoms with Crippen molar-refractivity contribution in [3.05, 3.63) is 34.1 Å². The van der Waals surface area contributed by atoms with Crippen LogP contribution in [0.2, 0.25) is 0 Å². The van der Waals surface area contributed by atoms with Gasteiger partial charge in [0.2, 0.25) is 0 Å². The van der Waals surface area contributed by atoms with Crippen LogP contribution < -0.4 is 5.73 Å². The van der Waals surface area contributed by atoms with Crippen LogP contribution >= 0.6 is 15.9 Å². The zero-order valence-corrected chi connectivity index (χ0v) is 13.9. The Kier molecular flexibility index (Phi) is 5.76. The van der Waals surface area contributed by atoms with Crippen molar-refractivity contribution in [2.75, 3.05) is 13.1 Å². The third kappa shape index (κ3) is 3.64. The van der Waals surface area contributed by atoms with Crippen LogP contribution in [0.3, 0.4) is 0 Å². The number of amides is 1. The Labute approximate surface area is 133 Å². The van der Waals surface area contributed by atoms with E-state index < -0.39 is 0 Å². The van der Waals surface area contributed by atoms with E-state index in [1.54, 1.807) is 12.1 Å². The number of carbonyl (C=O) groups is 1.